The molecule has 1 saturated heterocycles. The molecular formula is C13H19NO4S2. The molecule has 1 aromatic rings. The van der Waals surface area contributed by atoms with E-state index < -0.39 is 21.9 Å². The van der Waals surface area contributed by atoms with Gasteiger partial charge in [-0.05, 0) is 37.8 Å². The van der Waals surface area contributed by atoms with Crippen LogP contribution in [0, 0.1) is 25.7 Å². The molecule has 1 aromatic heterocycles. The van der Waals surface area contributed by atoms with Gasteiger partial charge >= 0.3 is 5.97 Å². The molecule has 1 N–H and O–H groups in total. The third kappa shape index (κ3) is 2.89. The molecule has 0 radical (unpaired) electrons. The Bertz CT molecular complexity index is 601. The van der Waals surface area contributed by atoms with Gasteiger partial charge in [0.1, 0.15) is 4.21 Å². The zero-order chi connectivity index (χ0) is 15.1. The maximum absolute atomic E-state index is 12.6. The molecule has 0 spiro atoms. The number of hydrogen-bond donors (Lipinski definition) is 1. The SMILES string of the molecule is Cc1cc(S(=O)(=O)N2CC(C)CC(C(=O)O)C2)sc1C. The lowest BCUT2D eigenvalue weighted by Gasteiger charge is -2.33. The Kier molecular flexibility index (Phi) is 4.22. The van der Waals surface area contributed by atoms with Gasteiger partial charge in [0, 0.05) is 18.0 Å². The number of piperidine rings is 1. The summed E-state index contributed by atoms with van der Waals surface area (Å²) >= 11 is 1.25. The van der Waals surface area contributed by atoms with Gasteiger partial charge in [-0.15, -0.1) is 11.3 Å². The van der Waals surface area contributed by atoms with Crippen LogP contribution in [0.4, 0.5) is 0 Å². The number of carboxylic acids is 1. The molecule has 1 aliphatic heterocycles. The minimum atomic E-state index is -3.57. The molecule has 112 valence electrons. The summed E-state index contributed by atoms with van der Waals surface area (Å²) in [7, 11) is -3.57. The fraction of sp³-hybridized carbons (Fsp3) is 0.615. The smallest absolute Gasteiger partial charge is 0.307 e. The standard InChI is InChI=1S/C13H19NO4S2/c1-8-4-11(13(15)16)7-14(6-8)20(17,18)12-5-9(2)10(3)19-12/h5,8,11H,4,6-7H2,1-3H3,(H,15,16). The van der Waals surface area contributed by atoms with Crippen molar-refractivity contribution in [3.05, 3.63) is 16.5 Å². The maximum atomic E-state index is 12.6. The van der Waals surface area contributed by atoms with Crippen molar-refractivity contribution in [2.45, 2.75) is 31.4 Å². The van der Waals surface area contributed by atoms with Crippen molar-refractivity contribution in [1.82, 2.24) is 4.31 Å². The van der Waals surface area contributed by atoms with Gasteiger partial charge in [0.15, 0.2) is 0 Å². The molecule has 0 saturated carbocycles. The molecule has 20 heavy (non-hydrogen) atoms. The summed E-state index contributed by atoms with van der Waals surface area (Å²) in [4.78, 5) is 12.1. The Morgan fingerprint density at radius 3 is 2.55 bits per heavy atom. The zero-order valence-electron chi connectivity index (χ0n) is 11.8. The quantitative estimate of drug-likeness (QED) is 0.926. The van der Waals surface area contributed by atoms with Crippen molar-refractivity contribution in [2.24, 2.45) is 11.8 Å². The van der Waals surface area contributed by atoms with E-state index >= 15 is 0 Å². The highest BCUT2D eigenvalue weighted by Gasteiger charge is 2.36. The predicted molar refractivity (Wildman–Crippen MR) is 77.5 cm³/mol. The Morgan fingerprint density at radius 2 is 2.05 bits per heavy atom. The first-order chi connectivity index (χ1) is 9.21. The average molecular weight is 317 g/mol. The highest BCUT2D eigenvalue weighted by Crippen LogP contribution is 2.31. The van der Waals surface area contributed by atoms with Gasteiger partial charge in [-0.3, -0.25) is 4.79 Å². The Labute approximate surface area is 123 Å². The van der Waals surface area contributed by atoms with E-state index in [-0.39, 0.29) is 12.5 Å². The lowest BCUT2D eigenvalue weighted by Crippen LogP contribution is -2.45. The molecular weight excluding hydrogens is 298 g/mol. The Balaban J connectivity index is 2.31. The first-order valence-electron chi connectivity index (χ1n) is 6.51. The average Bonchev–Trinajstić information content (AvgIpc) is 2.69. The molecule has 0 bridgehead atoms. The number of hydrogen-bond acceptors (Lipinski definition) is 4. The number of thiophene rings is 1. The van der Waals surface area contributed by atoms with Crippen molar-refractivity contribution < 1.29 is 18.3 Å². The van der Waals surface area contributed by atoms with E-state index in [2.05, 4.69) is 0 Å². The molecule has 0 aliphatic carbocycles. The molecule has 0 amide bonds. The summed E-state index contributed by atoms with van der Waals surface area (Å²) in [6, 6.07) is 1.67. The van der Waals surface area contributed by atoms with E-state index in [4.69, 9.17) is 5.11 Å². The van der Waals surface area contributed by atoms with Gasteiger partial charge in [0.25, 0.3) is 10.0 Å². The van der Waals surface area contributed by atoms with E-state index in [1.807, 2.05) is 20.8 Å². The van der Waals surface area contributed by atoms with Crippen LogP contribution in [0.25, 0.3) is 0 Å². The third-order valence-electron chi connectivity index (χ3n) is 3.71. The van der Waals surface area contributed by atoms with Crippen LogP contribution in [0.15, 0.2) is 10.3 Å². The van der Waals surface area contributed by atoms with Crippen LogP contribution >= 0.6 is 11.3 Å². The molecule has 1 aliphatic rings. The molecule has 0 aromatic carbocycles. The summed E-state index contributed by atoms with van der Waals surface area (Å²) in [6.07, 6.45) is 0.532. The van der Waals surface area contributed by atoms with Crippen molar-refractivity contribution in [3.63, 3.8) is 0 Å². The second-order valence-electron chi connectivity index (χ2n) is 5.50. The topological polar surface area (TPSA) is 74.7 Å². The first-order valence-corrected chi connectivity index (χ1v) is 8.77. The Hall–Kier alpha value is -0.920. The summed E-state index contributed by atoms with van der Waals surface area (Å²) in [5, 5.41) is 9.14. The maximum Gasteiger partial charge on any atom is 0.307 e. The van der Waals surface area contributed by atoms with Crippen LogP contribution in [0.1, 0.15) is 23.8 Å². The van der Waals surface area contributed by atoms with Gasteiger partial charge < -0.3 is 5.11 Å². The first kappa shape index (κ1) is 15.5. The van der Waals surface area contributed by atoms with Gasteiger partial charge in [0.05, 0.1) is 5.92 Å². The second-order valence-corrected chi connectivity index (χ2v) is 8.92. The fourth-order valence-corrected chi connectivity index (χ4v) is 5.75. The number of carbonyl (C=O) groups is 1. The second kappa shape index (κ2) is 5.46. The minimum Gasteiger partial charge on any atom is -0.481 e. The van der Waals surface area contributed by atoms with Gasteiger partial charge in [-0.25, -0.2) is 8.42 Å². The number of aliphatic carboxylic acids is 1. The molecule has 5 nitrogen and oxygen atoms in total. The predicted octanol–water partition coefficient (Wildman–Crippen LogP) is 2.10. The van der Waals surface area contributed by atoms with Crippen molar-refractivity contribution in [3.8, 4) is 0 Å². The minimum absolute atomic E-state index is 0.0572. The van der Waals surface area contributed by atoms with E-state index in [0.29, 0.717) is 17.2 Å². The number of aryl methyl sites for hydroxylation is 2. The van der Waals surface area contributed by atoms with Crippen molar-refractivity contribution in [1.29, 1.82) is 0 Å². The lowest BCUT2D eigenvalue weighted by atomic mass is 9.92. The van der Waals surface area contributed by atoms with Crippen LogP contribution < -0.4 is 0 Å². The molecule has 1 fully saturated rings. The molecule has 2 unspecified atom stereocenters. The summed E-state index contributed by atoms with van der Waals surface area (Å²) in [5.41, 5.74) is 0.952. The van der Waals surface area contributed by atoms with Crippen LogP contribution in [0.2, 0.25) is 0 Å². The van der Waals surface area contributed by atoms with Gasteiger partial charge in [-0.2, -0.15) is 4.31 Å². The van der Waals surface area contributed by atoms with E-state index in [9.17, 15) is 13.2 Å². The van der Waals surface area contributed by atoms with Gasteiger partial charge in [-0.1, -0.05) is 6.92 Å². The third-order valence-corrected chi connectivity index (χ3v) is 7.15. The van der Waals surface area contributed by atoms with Crippen molar-refractivity contribution in [2.75, 3.05) is 13.1 Å². The van der Waals surface area contributed by atoms with Crippen molar-refractivity contribution >= 4 is 27.3 Å². The van der Waals surface area contributed by atoms with Crippen LogP contribution in [0.5, 0.6) is 0 Å². The number of sulfonamides is 1. The molecule has 2 heterocycles. The van der Waals surface area contributed by atoms with E-state index in [1.165, 1.54) is 15.6 Å². The van der Waals surface area contributed by atoms with Crippen LogP contribution in [-0.2, 0) is 14.8 Å². The largest absolute Gasteiger partial charge is 0.481 e. The van der Waals surface area contributed by atoms with Gasteiger partial charge in [0.2, 0.25) is 0 Å². The number of rotatable bonds is 3. The normalized spacial score (nSPS) is 24.8. The number of nitrogens with zero attached hydrogens (tertiary/aromatic N) is 1. The highest BCUT2D eigenvalue weighted by atomic mass is 32.2. The fourth-order valence-electron chi connectivity index (χ4n) is 2.47. The summed E-state index contributed by atoms with van der Waals surface area (Å²) < 4.78 is 26.9. The monoisotopic (exact) mass is 317 g/mol. The molecule has 2 rings (SSSR count). The molecule has 2 atom stereocenters. The summed E-state index contributed by atoms with van der Waals surface area (Å²) in [6.45, 7) is 6.12. The number of carboxylic acid groups (broad SMARTS) is 1. The molecule has 7 heteroatoms. The lowest BCUT2D eigenvalue weighted by molar-refractivity contribution is -0.143. The van der Waals surface area contributed by atoms with E-state index in [0.717, 1.165) is 10.4 Å². The highest BCUT2D eigenvalue weighted by molar-refractivity contribution is 7.91. The zero-order valence-corrected chi connectivity index (χ0v) is 13.4. The summed E-state index contributed by atoms with van der Waals surface area (Å²) in [5.74, 6) is -1.48. The van der Waals surface area contributed by atoms with E-state index in [1.54, 1.807) is 6.07 Å². The van der Waals surface area contributed by atoms with Crippen LogP contribution in [-0.4, -0.2) is 36.9 Å². The Morgan fingerprint density at radius 1 is 1.40 bits per heavy atom. The van der Waals surface area contributed by atoms with Crippen LogP contribution in [0.3, 0.4) is 0 Å².